The van der Waals surface area contributed by atoms with Crippen molar-refractivity contribution in [3.8, 4) is 5.75 Å². The zero-order chi connectivity index (χ0) is 25.6. The molecule has 34 heavy (non-hydrogen) atoms. The van der Waals surface area contributed by atoms with Gasteiger partial charge in [0.2, 0.25) is 0 Å². The molecule has 0 saturated heterocycles. The molecule has 0 aliphatic rings. The summed E-state index contributed by atoms with van der Waals surface area (Å²) in [5.74, 6) is 0.268. The lowest BCUT2D eigenvalue weighted by Crippen LogP contribution is -2.18. The van der Waals surface area contributed by atoms with E-state index in [0.717, 1.165) is 29.5 Å². The Labute approximate surface area is 211 Å². The van der Waals surface area contributed by atoms with Crippen LogP contribution in [0.5, 0.6) is 5.75 Å². The van der Waals surface area contributed by atoms with E-state index in [9.17, 15) is 9.90 Å². The maximum Gasteiger partial charge on any atom is 0.306 e. The lowest BCUT2D eigenvalue weighted by Gasteiger charge is -2.28. The molecule has 1 aromatic rings. The second kappa shape index (κ2) is 15.5. The first kappa shape index (κ1) is 30.5. The number of carbonyl (C=O) groups is 1. The number of hydrogen-bond acceptors (Lipinski definition) is 3. The van der Waals surface area contributed by atoms with Crippen LogP contribution in [0.15, 0.2) is 12.1 Å². The van der Waals surface area contributed by atoms with Crippen LogP contribution < -0.4 is 0 Å². The van der Waals surface area contributed by atoms with Crippen LogP contribution in [0.2, 0.25) is 0 Å². The van der Waals surface area contributed by atoms with Gasteiger partial charge in [-0.25, -0.2) is 0 Å². The number of aromatic hydroxyl groups is 1. The van der Waals surface area contributed by atoms with Crippen LogP contribution in [0.1, 0.15) is 149 Å². The second-order valence-electron chi connectivity index (χ2n) is 12.1. The van der Waals surface area contributed by atoms with Gasteiger partial charge in [0.1, 0.15) is 5.75 Å². The van der Waals surface area contributed by atoms with E-state index in [1.54, 1.807) is 0 Å². The monoisotopic (exact) mass is 474 g/mol. The van der Waals surface area contributed by atoms with E-state index >= 15 is 0 Å². The Morgan fingerprint density at radius 2 is 1.15 bits per heavy atom. The van der Waals surface area contributed by atoms with Crippen molar-refractivity contribution in [3.05, 3.63) is 28.8 Å². The molecular formula is C31H54O3. The summed E-state index contributed by atoms with van der Waals surface area (Å²) in [5.41, 5.74) is 2.67. The van der Waals surface area contributed by atoms with Crippen molar-refractivity contribution in [2.45, 2.75) is 149 Å². The molecule has 0 aromatic heterocycles. The maximum atomic E-state index is 12.3. The van der Waals surface area contributed by atoms with Crippen LogP contribution in [0.25, 0.3) is 0 Å². The van der Waals surface area contributed by atoms with E-state index in [4.69, 9.17) is 4.74 Å². The molecule has 0 amide bonds. The Morgan fingerprint density at radius 3 is 1.56 bits per heavy atom. The van der Waals surface area contributed by atoms with Crippen LogP contribution in [0.3, 0.4) is 0 Å². The van der Waals surface area contributed by atoms with Crippen LogP contribution in [0, 0.1) is 0 Å². The smallest absolute Gasteiger partial charge is 0.306 e. The highest BCUT2D eigenvalue weighted by Gasteiger charge is 2.26. The number of rotatable bonds is 16. The Bertz CT molecular complexity index is 671. The summed E-state index contributed by atoms with van der Waals surface area (Å²) in [6.07, 6.45) is 16.7. The molecule has 1 aromatic carbocycles. The van der Waals surface area contributed by atoms with Gasteiger partial charge in [-0.05, 0) is 40.4 Å². The number of hydrogen-bond donors (Lipinski definition) is 1. The zero-order valence-electron chi connectivity index (χ0n) is 23.5. The van der Waals surface area contributed by atoms with Crippen LogP contribution in [-0.4, -0.2) is 17.7 Å². The molecule has 0 atom stereocenters. The molecular weight excluding hydrogens is 420 g/mol. The van der Waals surface area contributed by atoms with E-state index < -0.39 is 0 Å². The van der Waals surface area contributed by atoms with Crippen molar-refractivity contribution in [1.29, 1.82) is 0 Å². The fourth-order valence-corrected chi connectivity index (χ4v) is 4.43. The fourth-order valence-electron chi connectivity index (χ4n) is 4.43. The molecule has 0 unspecified atom stereocenters. The summed E-state index contributed by atoms with van der Waals surface area (Å²) in [6.45, 7) is 15.5. The minimum atomic E-state index is -0.158. The number of carbonyl (C=O) groups excluding carboxylic acids is 1. The van der Waals surface area contributed by atoms with Crippen molar-refractivity contribution in [2.24, 2.45) is 0 Å². The molecule has 0 aliphatic heterocycles. The highest BCUT2D eigenvalue weighted by Crippen LogP contribution is 2.40. The lowest BCUT2D eigenvalue weighted by atomic mass is 9.78. The first-order valence-corrected chi connectivity index (χ1v) is 14.0. The van der Waals surface area contributed by atoms with Gasteiger partial charge in [0.05, 0.1) is 6.61 Å². The largest absolute Gasteiger partial charge is 0.507 e. The van der Waals surface area contributed by atoms with Crippen molar-refractivity contribution in [2.75, 3.05) is 6.61 Å². The third-order valence-corrected chi connectivity index (χ3v) is 6.66. The van der Waals surface area contributed by atoms with Gasteiger partial charge in [-0.1, -0.05) is 131 Å². The number of aryl methyl sites for hydroxylation is 1. The number of benzene rings is 1. The quantitative estimate of drug-likeness (QED) is 0.192. The van der Waals surface area contributed by atoms with E-state index in [0.29, 0.717) is 25.2 Å². The molecule has 0 spiro atoms. The molecule has 0 radical (unpaired) electrons. The number of esters is 1. The van der Waals surface area contributed by atoms with Crippen molar-refractivity contribution in [1.82, 2.24) is 0 Å². The second-order valence-corrected chi connectivity index (χ2v) is 12.1. The Morgan fingerprint density at radius 1 is 0.735 bits per heavy atom. The summed E-state index contributed by atoms with van der Waals surface area (Å²) in [5, 5.41) is 10.9. The first-order valence-electron chi connectivity index (χ1n) is 14.0. The fraction of sp³-hybridized carbons (Fsp3) is 0.774. The predicted molar refractivity (Wildman–Crippen MR) is 146 cm³/mol. The summed E-state index contributed by atoms with van der Waals surface area (Å²) in [6, 6.07) is 4.12. The first-order chi connectivity index (χ1) is 16.0. The number of phenols is 1. The standard InChI is InChI=1S/C31H54O3/c1-8-9-10-11-12-13-14-15-16-17-18-19-22-34-28(32)21-20-25-23-26(30(2,3)4)29(33)27(24-25)31(5,6)7/h23-24,33H,8-22H2,1-7H3. The van der Waals surface area contributed by atoms with Gasteiger partial charge in [-0.3, -0.25) is 4.79 Å². The molecule has 0 saturated carbocycles. The molecule has 0 fully saturated rings. The average Bonchev–Trinajstić information content (AvgIpc) is 2.74. The van der Waals surface area contributed by atoms with Gasteiger partial charge in [0.15, 0.2) is 0 Å². The summed E-state index contributed by atoms with van der Waals surface area (Å²) in [7, 11) is 0. The van der Waals surface area contributed by atoms with Gasteiger partial charge >= 0.3 is 5.97 Å². The molecule has 3 heteroatoms. The Hall–Kier alpha value is -1.51. The van der Waals surface area contributed by atoms with Crippen LogP contribution in [0.4, 0.5) is 0 Å². The topological polar surface area (TPSA) is 46.5 Å². The van der Waals surface area contributed by atoms with E-state index in [1.165, 1.54) is 64.2 Å². The summed E-state index contributed by atoms with van der Waals surface area (Å²) in [4.78, 5) is 12.3. The molecule has 0 aliphatic carbocycles. The van der Waals surface area contributed by atoms with E-state index in [2.05, 4.69) is 60.6 Å². The Balaban J connectivity index is 2.29. The van der Waals surface area contributed by atoms with Crippen molar-refractivity contribution >= 4 is 5.97 Å². The molecule has 196 valence electrons. The maximum absolute atomic E-state index is 12.3. The van der Waals surface area contributed by atoms with Gasteiger partial charge < -0.3 is 9.84 Å². The van der Waals surface area contributed by atoms with E-state index in [1.807, 2.05) is 0 Å². The van der Waals surface area contributed by atoms with E-state index in [-0.39, 0.29) is 16.8 Å². The summed E-state index contributed by atoms with van der Waals surface area (Å²) >= 11 is 0. The highest BCUT2D eigenvalue weighted by atomic mass is 16.5. The van der Waals surface area contributed by atoms with Crippen LogP contribution in [-0.2, 0) is 26.8 Å². The summed E-state index contributed by atoms with van der Waals surface area (Å²) < 4.78 is 5.49. The molecule has 1 N–H and O–H groups in total. The number of ether oxygens (including phenoxy) is 1. The number of unbranched alkanes of at least 4 members (excludes halogenated alkanes) is 11. The molecule has 3 nitrogen and oxygen atoms in total. The van der Waals surface area contributed by atoms with Gasteiger partial charge in [0, 0.05) is 6.42 Å². The highest BCUT2D eigenvalue weighted by molar-refractivity contribution is 5.69. The van der Waals surface area contributed by atoms with Gasteiger partial charge in [0.25, 0.3) is 0 Å². The molecule has 0 heterocycles. The van der Waals surface area contributed by atoms with Crippen LogP contribution >= 0.6 is 0 Å². The zero-order valence-corrected chi connectivity index (χ0v) is 23.5. The number of phenolic OH excluding ortho intramolecular Hbond substituents is 1. The molecule has 1 rings (SSSR count). The minimum absolute atomic E-state index is 0.120. The predicted octanol–water partition coefficient (Wildman–Crippen LogP) is 9.16. The van der Waals surface area contributed by atoms with Crippen molar-refractivity contribution in [3.63, 3.8) is 0 Å². The van der Waals surface area contributed by atoms with Crippen molar-refractivity contribution < 1.29 is 14.6 Å². The SMILES string of the molecule is CCCCCCCCCCCCCCOC(=O)CCc1cc(C(C)(C)C)c(O)c(C(C)(C)C)c1. The van der Waals surface area contributed by atoms with Gasteiger partial charge in [-0.2, -0.15) is 0 Å². The Kier molecular flexibility index (Phi) is 13.9. The molecule has 0 bridgehead atoms. The normalized spacial score (nSPS) is 12.2. The lowest BCUT2D eigenvalue weighted by molar-refractivity contribution is -0.143. The third-order valence-electron chi connectivity index (χ3n) is 6.66. The third kappa shape index (κ3) is 12.3. The minimum Gasteiger partial charge on any atom is -0.507 e. The average molecular weight is 475 g/mol. The van der Waals surface area contributed by atoms with Gasteiger partial charge in [-0.15, -0.1) is 0 Å².